The molecule has 0 spiro atoms. The van der Waals surface area contributed by atoms with Gasteiger partial charge in [-0.25, -0.2) is 0 Å². The average Bonchev–Trinajstić information content (AvgIpc) is 2.91. The van der Waals surface area contributed by atoms with Crippen molar-refractivity contribution < 1.29 is 0 Å². The van der Waals surface area contributed by atoms with E-state index in [1.165, 1.54) is 25.7 Å². The van der Waals surface area contributed by atoms with Crippen LogP contribution in [0.5, 0.6) is 0 Å². The fourth-order valence-corrected chi connectivity index (χ4v) is 2.19. The largest absolute Gasteiger partial charge is 0.310 e. The molecule has 2 rings (SSSR count). The summed E-state index contributed by atoms with van der Waals surface area (Å²) in [5.41, 5.74) is 0. The molecule has 0 bridgehead atoms. The predicted octanol–water partition coefficient (Wildman–Crippen LogP) is 2.73. The van der Waals surface area contributed by atoms with Crippen molar-refractivity contribution in [2.24, 2.45) is 11.8 Å². The molecule has 1 aliphatic heterocycles. The minimum atomic E-state index is 0.712. The lowest BCUT2D eigenvalue weighted by Gasteiger charge is -2.25. The van der Waals surface area contributed by atoms with E-state index >= 15 is 0 Å². The zero-order chi connectivity index (χ0) is 9.26. The molecule has 0 radical (unpaired) electrons. The predicted molar refractivity (Wildman–Crippen MR) is 56.6 cm³/mol. The van der Waals surface area contributed by atoms with Gasteiger partial charge in [-0.1, -0.05) is 26.0 Å². The molecule has 74 valence electrons. The van der Waals surface area contributed by atoms with Gasteiger partial charge < -0.3 is 5.32 Å². The van der Waals surface area contributed by atoms with Gasteiger partial charge in [-0.2, -0.15) is 0 Å². The second kappa shape index (κ2) is 3.83. The molecular formula is C12H21N. The lowest BCUT2D eigenvalue weighted by molar-refractivity contribution is 0.340. The summed E-state index contributed by atoms with van der Waals surface area (Å²) in [6.07, 6.45) is 10.1. The van der Waals surface area contributed by atoms with E-state index in [0.717, 1.165) is 17.9 Å². The molecule has 1 N–H and O–H groups in total. The van der Waals surface area contributed by atoms with E-state index in [9.17, 15) is 0 Å². The second-order valence-corrected chi connectivity index (χ2v) is 4.90. The van der Waals surface area contributed by atoms with Crippen molar-refractivity contribution in [1.29, 1.82) is 0 Å². The van der Waals surface area contributed by atoms with E-state index in [1.54, 1.807) is 0 Å². The molecule has 13 heavy (non-hydrogen) atoms. The topological polar surface area (TPSA) is 12.0 Å². The first-order valence-electron chi connectivity index (χ1n) is 5.68. The van der Waals surface area contributed by atoms with Crippen LogP contribution in [0.15, 0.2) is 12.2 Å². The SMILES string of the molecule is CC(C)C1CC=CCC(C2CC2)N1. The molecule has 0 aromatic rings. The van der Waals surface area contributed by atoms with Crippen LogP contribution in [0.4, 0.5) is 0 Å². The fourth-order valence-electron chi connectivity index (χ4n) is 2.19. The van der Waals surface area contributed by atoms with Crippen LogP contribution in [0, 0.1) is 11.8 Å². The normalized spacial score (nSPS) is 35.0. The summed E-state index contributed by atoms with van der Waals surface area (Å²) in [5, 5.41) is 3.81. The molecule has 2 aliphatic rings. The Bertz CT molecular complexity index is 179. The van der Waals surface area contributed by atoms with Gasteiger partial charge in [0.05, 0.1) is 0 Å². The van der Waals surface area contributed by atoms with Crippen LogP contribution in [-0.2, 0) is 0 Å². The first kappa shape index (κ1) is 9.26. The van der Waals surface area contributed by atoms with Crippen LogP contribution in [-0.4, -0.2) is 12.1 Å². The first-order valence-corrected chi connectivity index (χ1v) is 5.68. The molecular weight excluding hydrogens is 158 g/mol. The molecule has 2 atom stereocenters. The highest BCUT2D eigenvalue weighted by Crippen LogP contribution is 2.35. The van der Waals surface area contributed by atoms with Crippen molar-refractivity contribution in [3.63, 3.8) is 0 Å². The highest BCUT2D eigenvalue weighted by atomic mass is 15.0. The van der Waals surface area contributed by atoms with Crippen molar-refractivity contribution in [3.8, 4) is 0 Å². The molecule has 1 heterocycles. The molecule has 0 amide bonds. The smallest absolute Gasteiger partial charge is 0.0133 e. The van der Waals surface area contributed by atoms with Gasteiger partial charge in [-0.15, -0.1) is 0 Å². The zero-order valence-corrected chi connectivity index (χ0v) is 8.79. The quantitative estimate of drug-likeness (QED) is 0.643. The molecule has 1 nitrogen and oxygen atoms in total. The summed E-state index contributed by atoms with van der Waals surface area (Å²) >= 11 is 0. The van der Waals surface area contributed by atoms with Crippen LogP contribution >= 0.6 is 0 Å². The van der Waals surface area contributed by atoms with E-state index in [0.29, 0.717) is 6.04 Å². The fraction of sp³-hybridized carbons (Fsp3) is 0.833. The molecule has 1 heteroatoms. The maximum absolute atomic E-state index is 3.81. The van der Waals surface area contributed by atoms with Crippen molar-refractivity contribution in [2.75, 3.05) is 0 Å². The molecule has 0 aromatic heterocycles. The second-order valence-electron chi connectivity index (χ2n) is 4.90. The summed E-state index contributed by atoms with van der Waals surface area (Å²) < 4.78 is 0. The minimum Gasteiger partial charge on any atom is -0.310 e. The molecule has 2 unspecified atom stereocenters. The summed E-state index contributed by atoms with van der Waals surface area (Å²) in [7, 11) is 0. The first-order chi connectivity index (χ1) is 6.27. The highest BCUT2D eigenvalue weighted by molar-refractivity contribution is 5.00. The molecule has 0 aromatic carbocycles. The third kappa shape index (κ3) is 2.34. The molecule has 0 saturated heterocycles. The van der Waals surface area contributed by atoms with Gasteiger partial charge in [0.2, 0.25) is 0 Å². The van der Waals surface area contributed by atoms with Gasteiger partial charge in [-0.3, -0.25) is 0 Å². The lowest BCUT2D eigenvalue weighted by Crippen LogP contribution is -2.41. The van der Waals surface area contributed by atoms with Crippen molar-refractivity contribution in [3.05, 3.63) is 12.2 Å². The van der Waals surface area contributed by atoms with E-state index in [-0.39, 0.29) is 0 Å². The van der Waals surface area contributed by atoms with Crippen LogP contribution in [0.25, 0.3) is 0 Å². The van der Waals surface area contributed by atoms with E-state index < -0.39 is 0 Å². The van der Waals surface area contributed by atoms with Crippen LogP contribution in [0.1, 0.15) is 39.5 Å². The van der Waals surface area contributed by atoms with Crippen LogP contribution in [0.3, 0.4) is 0 Å². The van der Waals surface area contributed by atoms with E-state index in [1.807, 2.05) is 0 Å². The molecule has 1 saturated carbocycles. The Morgan fingerprint density at radius 3 is 2.46 bits per heavy atom. The maximum Gasteiger partial charge on any atom is 0.0133 e. The third-order valence-corrected chi connectivity index (χ3v) is 3.37. The van der Waals surface area contributed by atoms with Crippen molar-refractivity contribution >= 4 is 0 Å². The van der Waals surface area contributed by atoms with Gasteiger partial charge in [0, 0.05) is 12.1 Å². The van der Waals surface area contributed by atoms with E-state index in [2.05, 4.69) is 31.3 Å². The Labute approximate surface area is 81.6 Å². The monoisotopic (exact) mass is 179 g/mol. The number of hydrogen-bond donors (Lipinski definition) is 1. The van der Waals surface area contributed by atoms with Crippen molar-refractivity contribution in [2.45, 2.75) is 51.6 Å². The number of rotatable bonds is 2. The summed E-state index contributed by atoms with van der Waals surface area (Å²) in [4.78, 5) is 0. The van der Waals surface area contributed by atoms with Gasteiger partial charge >= 0.3 is 0 Å². The van der Waals surface area contributed by atoms with Crippen LogP contribution in [0.2, 0.25) is 0 Å². The van der Waals surface area contributed by atoms with Gasteiger partial charge in [0.15, 0.2) is 0 Å². The zero-order valence-electron chi connectivity index (χ0n) is 8.79. The highest BCUT2D eigenvalue weighted by Gasteiger charge is 2.32. The van der Waals surface area contributed by atoms with Gasteiger partial charge in [0.1, 0.15) is 0 Å². The average molecular weight is 179 g/mol. The number of nitrogens with one attached hydrogen (secondary N) is 1. The number of hydrogen-bond acceptors (Lipinski definition) is 1. The third-order valence-electron chi connectivity index (χ3n) is 3.37. The summed E-state index contributed by atoms with van der Waals surface area (Å²) in [5.74, 6) is 1.76. The summed E-state index contributed by atoms with van der Waals surface area (Å²) in [6.45, 7) is 4.64. The summed E-state index contributed by atoms with van der Waals surface area (Å²) in [6, 6.07) is 1.50. The van der Waals surface area contributed by atoms with Crippen molar-refractivity contribution in [1.82, 2.24) is 5.32 Å². The maximum atomic E-state index is 3.81. The van der Waals surface area contributed by atoms with Crippen LogP contribution < -0.4 is 5.32 Å². The minimum absolute atomic E-state index is 0.712. The lowest BCUT2D eigenvalue weighted by atomic mass is 10.0. The standard InChI is InChI=1S/C12H21N/c1-9(2)11-5-3-4-6-12(13-11)10-7-8-10/h3-4,9-13H,5-8H2,1-2H3. The molecule has 1 fully saturated rings. The Hall–Kier alpha value is -0.300. The Balaban J connectivity index is 1.94. The van der Waals surface area contributed by atoms with E-state index in [4.69, 9.17) is 0 Å². The van der Waals surface area contributed by atoms with Gasteiger partial charge in [0.25, 0.3) is 0 Å². The Kier molecular flexibility index (Phi) is 2.73. The van der Waals surface area contributed by atoms with Gasteiger partial charge in [-0.05, 0) is 37.5 Å². The Morgan fingerprint density at radius 2 is 1.85 bits per heavy atom. The molecule has 1 aliphatic carbocycles. The Morgan fingerprint density at radius 1 is 1.15 bits per heavy atom.